The summed E-state index contributed by atoms with van der Waals surface area (Å²) in [7, 11) is 0. The van der Waals surface area contributed by atoms with Crippen LogP contribution in [-0.4, -0.2) is 25.4 Å². The highest BCUT2D eigenvalue weighted by atomic mass is 16.1. The number of benzene rings is 1. The zero-order chi connectivity index (χ0) is 16.9. The minimum absolute atomic E-state index is 0.204. The van der Waals surface area contributed by atoms with Gasteiger partial charge < -0.3 is 15.6 Å². The van der Waals surface area contributed by atoms with E-state index >= 15 is 0 Å². The number of hydrogen-bond donors (Lipinski definition) is 2. The van der Waals surface area contributed by atoms with E-state index in [0.29, 0.717) is 12.1 Å². The molecule has 2 aromatic heterocycles. The Morgan fingerprint density at radius 2 is 2.04 bits per heavy atom. The van der Waals surface area contributed by atoms with Crippen LogP contribution in [0.5, 0.6) is 0 Å². The molecule has 2 heterocycles. The lowest BCUT2D eigenvalue weighted by atomic mass is 10.3. The van der Waals surface area contributed by atoms with Gasteiger partial charge in [0.15, 0.2) is 0 Å². The van der Waals surface area contributed by atoms with Gasteiger partial charge in [0, 0.05) is 30.6 Å². The molecule has 3 N–H and O–H groups in total. The maximum atomic E-state index is 12.0. The average Bonchev–Trinajstić information content (AvgIpc) is 2.97. The molecule has 0 atom stereocenters. The van der Waals surface area contributed by atoms with E-state index in [1.165, 1.54) is 6.08 Å². The number of nitrogens with one attached hydrogen (secondary N) is 1. The van der Waals surface area contributed by atoms with Gasteiger partial charge in [-0.05, 0) is 25.1 Å². The Balaban J connectivity index is 1.67. The van der Waals surface area contributed by atoms with Crippen molar-refractivity contribution in [2.45, 2.75) is 20.0 Å². The van der Waals surface area contributed by atoms with Crippen molar-refractivity contribution in [3.63, 3.8) is 0 Å². The number of nitrogen functional groups attached to an aromatic ring is 1. The fourth-order valence-corrected chi connectivity index (χ4v) is 2.44. The summed E-state index contributed by atoms with van der Waals surface area (Å²) in [5.74, 6) is 0.827. The van der Waals surface area contributed by atoms with E-state index < -0.39 is 0 Å². The number of para-hydroxylation sites is 2. The van der Waals surface area contributed by atoms with Gasteiger partial charge >= 0.3 is 0 Å². The molecule has 1 aromatic carbocycles. The van der Waals surface area contributed by atoms with Gasteiger partial charge in [0.1, 0.15) is 5.82 Å². The summed E-state index contributed by atoms with van der Waals surface area (Å²) in [6.45, 7) is 3.22. The highest BCUT2D eigenvalue weighted by molar-refractivity contribution is 5.91. The molecule has 122 valence electrons. The summed E-state index contributed by atoms with van der Waals surface area (Å²) in [6, 6.07) is 7.93. The molecule has 3 aromatic rings. The second-order valence-electron chi connectivity index (χ2n) is 5.19. The molecular formula is C17H18N6O. The van der Waals surface area contributed by atoms with Crippen LogP contribution in [0, 0.1) is 0 Å². The Morgan fingerprint density at radius 3 is 2.79 bits per heavy atom. The van der Waals surface area contributed by atoms with Crippen LogP contribution in [0.1, 0.15) is 18.3 Å². The van der Waals surface area contributed by atoms with Crippen LogP contribution >= 0.6 is 0 Å². The number of amides is 1. The fraction of sp³-hybridized carbons (Fsp3) is 0.176. The summed E-state index contributed by atoms with van der Waals surface area (Å²) in [5, 5.41) is 2.84. The first-order valence-electron chi connectivity index (χ1n) is 7.65. The second kappa shape index (κ2) is 6.91. The summed E-state index contributed by atoms with van der Waals surface area (Å²) in [4.78, 5) is 24.3. The Morgan fingerprint density at radius 1 is 1.29 bits per heavy atom. The monoisotopic (exact) mass is 322 g/mol. The van der Waals surface area contributed by atoms with E-state index in [1.54, 1.807) is 18.5 Å². The topological polar surface area (TPSA) is 98.7 Å². The van der Waals surface area contributed by atoms with Gasteiger partial charge in [-0.1, -0.05) is 12.1 Å². The molecule has 0 aliphatic heterocycles. The van der Waals surface area contributed by atoms with Crippen molar-refractivity contribution in [3.05, 3.63) is 54.1 Å². The normalized spacial score (nSPS) is 11.2. The molecule has 24 heavy (non-hydrogen) atoms. The van der Waals surface area contributed by atoms with E-state index in [1.807, 2.05) is 24.3 Å². The minimum atomic E-state index is -0.207. The molecule has 7 nitrogen and oxygen atoms in total. The minimum Gasteiger partial charge on any atom is -0.368 e. The van der Waals surface area contributed by atoms with Gasteiger partial charge in [-0.15, -0.1) is 0 Å². The van der Waals surface area contributed by atoms with E-state index in [2.05, 4.69) is 31.8 Å². The van der Waals surface area contributed by atoms with Gasteiger partial charge in [0.2, 0.25) is 11.9 Å². The van der Waals surface area contributed by atoms with Gasteiger partial charge in [0.05, 0.1) is 17.6 Å². The van der Waals surface area contributed by atoms with Crippen molar-refractivity contribution in [2.24, 2.45) is 0 Å². The third-order valence-corrected chi connectivity index (χ3v) is 3.59. The molecule has 0 aliphatic carbocycles. The Labute approximate surface area is 139 Å². The number of anilines is 1. The smallest absolute Gasteiger partial charge is 0.244 e. The van der Waals surface area contributed by atoms with Gasteiger partial charge in [-0.25, -0.2) is 15.0 Å². The number of rotatable bonds is 5. The number of nitrogens with two attached hydrogens (primary N) is 1. The van der Waals surface area contributed by atoms with Gasteiger partial charge in [-0.2, -0.15) is 0 Å². The Hall–Kier alpha value is -3.22. The third-order valence-electron chi connectivity index (χ3n) is 3.59. The van der Waals surface area contributed by atoms with Crippen molar-refractivity contribution in [1.82, 2.24) is 24.8 Å². The average molecular weight is 322 g/mol. The maximum absolute atomic E-state index is 12.0. The predicted molar refractivity (Wildman–Crippen MR) is 92.7 cm³/mol. The molecule has 0 bridgehead atoms. The van der Waals surface area contributed by atoms with Gasteiger partial charge in [0.25, 0.3) is 0 Å². The van der Waals surface area contributed by atoms with E-state index in [4.69, 9.17) is 5.73 Å². The lowest BCUT2D eigenvalue weighted by Crippen LogP contribution is -2.22. The number of imidazole rings is 1. The van der Waals surface area contributed by atoms with Crippen molar-refractivity contribution in [2.75, 3.05) is 5.73 Å². The van der Waals surface area contributed by atoms with Crippen molar-refractivity contribution >= 4 is 29.0 Å². The summed E-state index contributed by atoms with van der Waals surface area (Å²) in [5.41, 5.74) is 8.12. The first-order chi connectivity index (χ1) is 11.7. The molecule has 0 saturated carbocycles. The summed E-state index contributed by atoms with van der Waals surface area (Å²) >= 11 is 0. The van der Waals surface area contributed by atoms with E-state index in [0.717, 1.165) is 23.4 Å². The highest BCUT2D eigenvalue weighted by Crippen LogP contribution is 2.15. The van der Waals surface area contributed by atoms with Crippen molar-refractivity contribution in [3.8, 4) is 0 Å². The predicted octanol–water partition coefficient (Wildman–Crippen LogP) is 1.76. The lowest BCUT2D eigenvalue weighted by Gasteiger charge is -2.06. The molecule has 3 rings (SSSR count). The molecule has 0 saturated heterocycles. The second-order valence-corrected chi connectivity index (χ2v) is 5.19. The van der Waals surface area contributed by atoms with Crippen LogP contribution in [0.3, 0.4) is 0 Å². The number of aryl methyl sites for hydroxylation is 1. The number of fused-ring (bicyclic) bond motifs is 1. The SMILES string of the molecule is CCn1c(CNC(=O)/C=C/c2cnc(N)nc2)nc2ccccc21. The molecular weight excluding hydrogens is 304 g/mol. The molecule has 1 amide bonds. The quantitative estimate of drug-likeness (QED) is 0.697. The maximum Gasteiger partial charge on any atom is 0.244 e. The van der Waals surface area contributed by atoms with Crippen LogP contribution in [0.15, 0.2) is 42.7 Å². The van der Waals surface area contributed by atoms with Crippen LogP contribution in [0.4, 0.5) is 5.95 Å². The number of aromatic nitrogens is 4. The summed E-state index contributed by atoms with van der Waals surface area (Å²) < 4.78 is 2.09. The Bertz CT molecular complexity index is 882. The van der Waals surface area contributed by atoms with E-state index in [9.17, 15) is 4.79 Å². The van der Waals surface area contributed by atoms with Crippen molar-refractivity contribution < 1.29 is 4.79 Å². The van der Waals surface area contributed by atoms with Crippen LogP contribution in [-0.2, 0) is 17.9 Å². The zero-order valence-electron chi connectivity index (χ0n) is 13.3. The van der Waals surface area contributed by atoms with Gasteiger partial charge in [-0.3, -0.25) is 4.79 Å². The molecule has 0 spiro atoms. The van der Waals surface area contributed by atoms with Crippen LogP contribution in [0.2, 0.25) is 0 Å². The van der Waals surface area contributed by atoms with Crippen LogP contribution in [0.25, 0.3) is 17.1 Å². The van der Waals surface area contributed by atoms with E-state index in [-0.39, 0.29) is 11.9 Å². The molecule has 0 aliphatic rings. The fourth-order valence-electron chi connectivity index (χ4n) is 2.44. The highest BCUT2D eigenvalue weighted by Gasteiger charge is 2.09. The number of carbonyl (C=O) groups excluding carboxylic acids is 1. The third kappa shape index (κ3) is 3.40. The molecule has 7 heteroatoms. The number of hydrogen-bond acceptors (Lipinski definition) is 5. The Kier molecular flexibility index (Phi) is 4.51. The standard InChI is InChI=1S/C17H18N6O/c1-2-23-14-6-4-3-5-13(14)22-15(23)11-19-16(24)8-7-12-9-20-17(18)21-10-12/h3-10H,2,11H2,1H3,(H,19,24)(H2,18,20,21)/b8-7+. The summed E-state index contributed by atoms with van der Waals surface area (Å²) in [6.07, 6.45) is 6.19. The zero-order valence-corrected chi connectivity index (χ0v) is 13.3. The molecule has 0 unspecified atom stereocenters. The number of carbonyl (C=O) groups is 1. The number of nitrogens with zero attached hydrogens (tertiary/aromatic N) is 4. The first kappa shape index (κ1) is 15.7. The van der Waals surface area contributed by atoms with Crippen LogP contribution < -0.4 is 11.1 Å². The largest absolute Gasteiger partial charge is 0.368 e. The first-order valence-corrected chi connectivity index (χ1v) is 7.65. The lowest BCUT2D eigenvalue weighted by molar-refractivity contribution is -0.116. The molecule has 0 fully saturated rings. The molecule has 0 radical (unpaired) electrons. The van der Waals surface area contributed by atoms with Crippen molar-refractivity contribution in [1.29, 1.82) is 0 Å².